The normalized spacial score (nSPS) is 21.0. The molecule has 0 aromatic carbocycles. The molecule has 0 bridgehead atoms. The summed E-state index contributed by atoms with van der Waals surface area (Å²) in [6.07, 6.45) is 4.71. The Morgan fingerprint density at radius 1 is 1.38 bits per heavy atom. The fraction of sp³-hybridized carbons (Fsp3) is 0.533. The van der Waals surface area contributed by atoms with Gasteiger partial charge in [-0.15, -0.1) is 0 Å². The fourth-order valence-corrected chi connectivity index (χ4v) is 2.82. The van der Waals surface area contributed by atoms with Crippen LogP contribution in [0.1, 0.15) is 19.3 Å². The molecule has 3 heterocycles. The Hall–Kier alpha value is -2.11. The molecule has 3 rings (SSSR count). The molecule has 1 aromatic rings. The van der Waals surface area contributed by atoms with Gasteiger partial charge in [-0.3, -0.25) is 9.59 Å². The van der Waals surface area contributed by atoms with E-state index >= 15 is 0 Å². The number of carbonyl (C=O) groups is 2. The van der Waals surface area contributed by atoms with Crippen molar-refractivity contribution in [3.05, 3.63) is 24.4 Å². The van der Waals surface area contributed by atoms with Gasteiger partial charge < -0.3 is 14.5 Å². The van der Waals surface area contributed by atoms with Crippen LogP contribution in [0, 0.1) is 0 Å². The number of anilines is 1. The lowest BCUT2D eigenvalue weighted by Crippen LogP contribution is -2.38. The van der Waals surface area contributed by atoms with E-state index in [0.717, 1.165) is 38.3 Å². The van der Waals surface area contributed by atoms with Gasteiger partial charge in [0.15, 0.2) is 0 Å². The van der Waals surface area contributed by atoms with Crippen molar-refractivity contribution in [1.82, 2.24) is 9.88 Å². The Kier molecular flexibility index (Phi) is 5.54. The van der Waals surface area contributed by atoms with Gasteiger partial charge in [0, 0.05) is 38.3 Å². The molecule has 1 aromatic heterocycles. The van der Waals surface area contributed by atoms with E-state index in [0.29, 0.717) is 24.8 Å². The van der Waals surface area contributed by atoms with E-state index < -0.39 is 0 Å². The third-order valence-electron chi connectivity index (χ3n) is 3.79. The van der Waals surface area contributed by atoms with E-state index in [2.05, 4.69) is 19.5 Å². The Labute approximate surface area is 124 Å². The maximum Gasteiger partial charge on any atom is 0.292 e. The molecule has 2 aliphatic rings. The predicted molar refractivity (Wildman–Crippen MR) is 78.9 cm³/mol. The highest BCUT2D eigenvalue weighted by Crippen LogP contribution is 2.24. The minimum absolute atomic E-state index is 0.311. The van der Waals surface area contributed by atoms with Crippen LogP contribution >= 0.6 is 0 Å². The van der Waals surface area contributed by atoms with E-state index in [-0.39, 0.29) is 0 Å². The molecule has 1 atom stereocenters. The van der Waals surface area contributed by atoms with Crippen molar-refractivity contribution in [3.8, 4) is 0 Å². The lowest BCUT2D eigenvalue weighted by molar-refractivity contribution is -0.131. The molecule has 21 heavy (non-hydrogen) atoms. The van der Waals surface area contributed by atoms with E-state index in [1.807, 2.05) is 24.4 Å². The van der Waals surface area contributed by atoms with Crippen LogP contribution in [0.15, 0.2) is 24.4 Å². The van der Waals surface area contributed by atoms with Crippen LogP contribution in [0.25, 0.3) is 0 Å². The predicted octanol–water partition coefficient (Wildman–Crippen LogP) is 1.07. The lowest BCUT2D eigenvalue weighted by Gasteiger charge is -2.26. The van der Waals surface area contributed by atoms with Gasteiger partial charge in [-0.1, -0.05) is 6.07 Å². The van der Waals surface area contributed by atoms with Gasteiger partial charge >= 0.3 is 0 Å². The first-order valence-electron chi connectivity index (χ1n) is 7.18. The number of rotatable bonds is 2. The van der Waals surface area contributed by atoms with Crippen molar-refractivity contribution in [1.29, 1.82) is 0 Å². The maximum absolute atomic E-state index is 12.0. The molecule has 1 unspecified atom stereocenters. The second-order valence-electron chi connectivity index (χ2n) is 5.10. The summed E-state index contributed by atoms with van der Waals surface area (Å²) in [5.74, 6) is 1.31. The first kappa shape index (κ1) is 15.3. The highest BCUT2D eigenvalue weighted by atomic mass is 16.5. The highest BCUT2D eigenvalue weighted by Gasteiger charge is 2.33. The van der Waals surface area contributed by atoms with Gasteiger partial charge in [-0.2, -0.15) is 0 Å². The maximum atomic E-state index is 12.0. The molecule has 0 radical (unpaired) electrons. The SMILES string of the molecule is COC=O.O=C1CCN(c2ccccn2)CC2CCCN12. The molecule has 6 nitrogen and oxygen atoms in total. The molecule has 0 aliphatic carbocycles. The van der Waals surface area contributed by atoms with Gasteiger partial charge in [-0.05, 0) is 25.0 Å². The number of hydrogen-bond donors (Lipinski definition) is 0. The zero-order chi connectivity index (χ0) is 15.1. The summed E-state index contributed by atoms with van der Waals surface area (Å²) in [4.78, 5) is 29.6. The number of methoxy groups -OCH3 is 1. The van der Waals surface area contributed by atoms with Crippen molar-refractivity contribution in [3.63, 3.8) is 0 Å². The second kappa shape index (κ2) is 7.61. The summed E-state index contributed by atoms with van der Waals surface area (Å²) >= 11 is 0. The van der Waals surface area contributed by atoms with E-state index in [9.17, 15) is 4.79 Å². The first-order chi connectivity index (χ1) is 10.3. The minimum atomic E-state index is 0.311. The Morgan fingerprint density at radius 3 is 2.86 bits per heavy atom. The quantitative estimate of drug-likeness (QED) is 0.763. The molecular formula is C15H21N3O3. The van der Waals surface area contributed by atoms with Crippen LogP contribution in [0.5, 0.6) is 0 Å². The van der Waals surface area contributed by atoms with Crippen molar-refractivity contribution in [2.75, 3.05) is 31.6 Å². The third kappa shape index (κ3) is 3.93. The van der Waals surface area contributed by atoms with Crippen LogP contribution < -0.4 is 4.90 Å². The zero-order valence-electron chi connectivity index (χ0n) is 12.3. The average Bonchev–Trinajstić information content (AvgIpc) is 2.94. The van der Waals surface area contributed by atoms with Crippen molar-refractivity contribution in [2.24, 2.45) is 0 Å². The molecule has 6 heteroatoms. The van der Waals surface area contributed by atoms with Crippen molar-refractivity contribution >= 4 is 18.2 Å². The first-order valence-corrected chi connectivity index (χ1v) is 7.18. The number of amides is 1. The number of hydrogen-bond acceptors (Lipinski definition) is 5. The van der Waals surface area contributed by atoms with Crippen LogP contribution in [0.4, 0.5) is 5.82 Å². The van der Waals surface area contributed by atoms with E-state index in [1.54, 1.807) is 0 Å². The molecule has 2 fully saturated rings. The molecule has 0 N–H and O–H groups in total. The van der Waals surface area contributed by atoms with Gasteiger partial charge in [0.1, 0.15) is 5.82 Å². The lowest BCUT2D eigenvalue weighted by atomic mass is 10.2. The largest absolute Gasteiger partial charge is 0.471 e. The van der Waals surface area contributed by atoms with Crippen molar-refractivity contribution in [2.45, 2.75) is 25.3 Å². The van der Waals surface area contributed by atoms with E-state index in [1.165, 1.54) is 7.11 Å². The van der Waals surface area contributed by atoms with Crippen LogP contribution in [-0.4, -0.2) is 55.0 Å². The molecular weight excluding hydrogens is 270 g/mol. The smallest absolute Gasteiger partial charge is 0.292 e. The topological polar surface area (TPSA) is 62.7 Å². The minimum Gasteiger partial charge on any atom is -0.471 e. The van der Waals surface area contributed by atoms with Gasteiger partial charge in [-0.25, -0.2) is 4.98 Å². The standard InChI is InChI=1S/C13H17N3O.C2H4O2/c17-13-6-9-15(12-5-1-2-7-14-12)10-11-4-3-8-16(11)13;1-4-2-3/h1-2,5,7,11H,3-4,6,8-10H2;2H,1H3. The summed E-state index contributed by atoms with van der Waals surface area (Å²) in [5, 5.41) is 0. The third-order valence-corrected chi connectivity index (χ3v) is 3.79. The summed E-state index contributed by atoms with van der Waals surface area (Å²) < 4.78 is 3.86. The van der Waals surface area contributed by atoms with Crippen LogP contribution in [0.3, 0.4) is 0 Å². The zero-order valence-corrected chi connectivity index (χ0v) is 12.3. The van der Waals surface area contributed by atoms with Crippen LogP contribution in [-0.2, 0) is 14.3 Å². The number of pyridine rings is 1. The fourth-order valence-electron chi connectivity index (χ4n) is 2.82. The Bertz CT molecular complexity index is 466. The summed E-state index contributed by atoms with van der Waals surface area (Å²) in [6.45, 7) is 3.05. The summed E-state index contributed by atoms with van der Waals surface area (Å²) in [5.41, 5.74) is 0. The summed E-state index contributed by atoms with van der Waals surface area (Å²) in [6, 6.07) is 6.34. The molecule has 1 amide bonds. The summed E-state index contributed by atoms with van der Waals surface area (Å²) in [7, 11) is 1.31. The average molecular weight is 291 g/mol. The number of aromatic nitrogens is 1. The molecule has 2 aliphatic heterocycles. The monoisotopic (exact) mass is 291 g/mol. The molecule has 0 saturated carbocycles. The molecule has 114 valence electrons. The molecule has 0 spiro atoms. The Balaban J connectivity index is 0.000000361. The number of ether oxygens (including phenoxy) is 1. The van der Waals surface area contributed by atoms with Crippen molar-refractivity contribution < 1.29 is 14.3 Å². The van der Waals surface area contributed by atoms with Gasteiger partial charge in [0.2, 0.25) is 5.91 Å². The van der Waals surface area contributed by atoms with Crippen LogP contribution in [0.2, 0.25) is 0 Å². The Morgan fingerprint density at radius 2 is 2.19 bits per heavy atom. The van der Waals surface area contributed by atoms with E-state index in [4.69, 9.17) is 4.79 Å². The van der Waals surface area contributed by atoms with Gasteiger partial charge in [0.25, 0.3) is 6.47 Å². The highest BCUT2D eigenvalue weighted by molar-refractivity contribution is 5.78. The molecule has 2 saturated heterocycles. The second-order valence-corrected chi connectivity index (χ2v) is 5.10. The van der Waals surface area contributed by atoms with Gasteiger partial charge in [0.05, 0.1) is 7.11 Å². The number of fused-ring (bicyclic) bond motifs is 1. The number of nitrogens with zero attached hydrogens (tertiary/aromatic N) is 3. The number of carbonyl (C=O) groups excluding carboxylic acids is 2.